The first-order valence-electron chi connectivity index (χ1n) is 11.7. The molecule has 9 heteroatoms. The van der Waals surface area contributed by atoms with Crippen LogP contribution in [0.5, 0.6) is 0 Å². The van der Waals surface area contributed by atoms with E-state index < -0.39 is 12.0 Å². The second-order valence-electron chi connectivity index (χ2n) is 8.55. The fraction of sp³-hybridized carbons (Fsp3) is 0.179. The maximum absolute atomic E-state index is 13.4. The third kappa shape index (κ3) is 5.68. The van der Waals surface area contributed by atoms with Gasteiger partial charge in [0.15, 0.2) is 5.17 Å². The molecule has 0 radical (unpaired) electrons. The van der Waals surface area contributed by atoms with E-state index in [2.05, 4.69) is 5.32 Å². The van der Waals surface area contributed by atoms with E-state index in [0.29, 0.717) is 17.8 Å². The standard InChI is InChI=1S/C28H24FN3O3S2/c1-18-25(27(34)35-16-20-6-3-2-4-7-20)26(23-8-5-13-36-23)32-22(17-37-28(32)31-18)14-24(33)30-15-19-9-11-21(29)12-10-19/h2-13,17,26H,14-16H2,1H3,(H,30,33)/t26-/m0/s1. The number of amidine groups is 1. The van der Waals surface area contributed by atoms with E-state index >= 15 is 0 Å². The SMILES string of the molecule is CC1=C(C(=O)OCc2ccccc2)[C@H](c2cccs2)N2C(CC(=O)NCc3ccc(F)cc3)=CSC2=N1. The van der Waals surface area contributed by atoms with Gasteiger partial charge >= 0.3 is 5.97 Å². The van der Waals surface area contributed by atoms with Crippen LogP contribution in [0.4, 0.5) is 4.39 Å². The first-order chi connectivity index (χ1) is 18.0. The van der Waals surface area contributed by atoms with Gasteiger partial charge in [-0.25, -0.2) is 14.2 Å². The van der Waals surface area contributed by atoms with Gasteiger partial charge in [0, 0.05) is 17.1 Å². The number of halogens is 1. The molecular formula is C28H24FN3O3S2. The zero-order valence-electron chi connectivity index (χ0n) is 20.0. The van der Waals surface area contributed by atoms with Gasteiger partial charge in [-0.3, -0.25) is 4.79 Å². The van der Waals surface area contributed by atoms with Crippen molar-refractivity contribution in [2.24, 2.45) is 4.99 Å². The van der Waals surface area contributed by atoms with Gasteiger partial charge in [0.05, 0.1) is 17.7 Å². The average Bonchev–Trinajstić information content (AvgIpc) is 3.57. The number of amides is 1. The highest BCUT2D eigenvalue weighted by Gasteiger charge is 2.41. The van der Waals surface area contributed by atoms with Crippen LogP contribution < -0.4 is 5.32 Å². The summed E-state index contributed by atoms with van der Waals surface area (Å²) in [5.41, 5.74) is 3.52. The zero-order valence-corrected chi connectivity index (χ0v) is 21.7. The largest absolute Gasteiger partial charge is 0.457 e. The minimum atomic E-state index is -0.443. The Balaban J connectivity index is 1.34. The fourth-order valence-electron chi connectivity index (χ4n) is 4.18. The zero-order chi connectivity index (χ0) is 25.8. The number of thioether (sulfide) groups is 1. The molecule has 1 atom stereocenters. The number of thiophene rings is 1. The molecule has 2 aliphatic rings. The molecule has 2 aliphatic heterocycles. The molecule has 3 heterocycles. The number of aliphatic imine (C=N–C) groups is 1. The number of rotatable bonds is 8. The molecule has 0 fully saturated rings. The lowest BCUT2D eigenvalue weighted by Crippen LogP contribution is -2.37. The summed E-state index contributed by atoms with van der Waals surface area (Å²) in [5, 5.41) is 7.48. The molecule has 1 aromatic heterocycles. The van der Waals surface area contributed by atoms with Crippen LogP contribution in [0.25, 0.3) is 0 Å². The van der Waals surface area contributed by atoms with Crippen molar-refractivity contribution in [2.75, 3.05) is 0 Å². The monoisotopic (exact) mass is 533 g/mol. The Morgan fingerprint density at radius 3 is 2.57 bits per heavy atom. The van der Waals surface area contributed by atoms with Gasteiger partial charge in [0.25, 0.3) is 0 Å². The fourth-order valence-corrected chi connectivity index (χ4v) is 5.97. The van der Waals surface area contributed by atoms with E-state index in [1.807, 2.05) is 65.1 Å². The summed E-state index contributed by atoms with van der Waals surface area (Å²) in [4.78, 5) is 33.8. The van der Waals surface area contributed by atoms with E-state index in [0.717, 1.165) is 26.9 Å². The number of carbonyl (C=O) groups excluding carboxylic acids is 2. The maximum atomic E-state index is 13.4. The first kappa shape index (κ1) is 25.0. The number of hydrogen-bond acceptors (Lipinski definition) is 7. The summed E-state index contributed by atoms with van der Waals surface area (Å²) in [6.45, 7) is 2.27. The smallest absolute Gasteiger partial charge is 0.338 e. The molecule has 1 amide bonds. The van der Waals surface area contributed by atoms with Crippen molar-refractivity contribution in [3.05, 3.63) is 116 Å². The molecule has 0 bridgehead atoms. The average molecular weight is 534 g/mol. The molecule has 6 nitrogen and oxygen atoms in total. The molecule has 0 saturated heterocycles. The molecule has 0 saturated carbocycles. The Morgan fingerprint density at radius 2 is 1.84 bits per heavy atom. The van der Waals surface area contributed by atoms with Crippen molar-refractivity contribution in [1.29, 1.82) is 0 Å². The van der Waals surface area contributed by atoms with E-state index in [4.69, 9.17) is 9.73 Å². The lowest BCUT2D eigenvalue weighted by Gasteiger charge is -2.35. The number of ether oxygens (including phenoxy) is 1. The van der Waals surface area contributed by atoms with Crippen molar-refractivity contribution >= 4 is 40.1 Å². The van der Waals surface area contributed by atoms with Crippen molar-refractivity contribution in [1.82, 2.24) is 10.2 Å². The second kappa shape index (κ2) is 11.1. The molecule has 3 aromatic rings. The number of carbonyl (C=O) groups is 2. The minimum Gasteiger partial charge on any atom is -0.457 e. The van der Waals surface area contributed by atoms with Crippen LogP contribution in [0, 0.1) is 5.82 Å². The van der Waals surface area contributed by atoms with Gasteiger partial charge in [0.1, 0.15) is 18.5 Å². The number of fused-ring (bicyclic) bond motifs is 1. The number of allylic oxidation sites excluding steroid dienone is 1. The molecule has 0 aliphatic carbocycles. The van der Waals surface area contributed by atoms with Crippen LogP contribution in [0.1, 0.15) is 35.4 Å². The number of benzene rings is 2. The molecule has 1 N–H and O–H groups in total. The number of nitrogens with zero attached hydrogens (tertiary/aromatic N) is 2. The predicted molar refractivity (Wildman–Crippen MR) is 144 cm³/mol. The Labute approximate surface area is 222 Å². The highest BCUT2D eigenvalue weighted by Crippen LogP contribution is 2.45. The molecule has 5 rings (SSSR count). The third-order valence-electron chi connectivity index (χ3n) is 5.99. The maximum Gasteiger partial charge on any atom is 0.338 e. The Morgan fingerprint density at radius 1 is 1.05 bits per heavy atom. The van der Waals surface area contributed by atoms with E-state index in [1.54, 1.807) is 12.1 Å². The van der Waals surface area contributed by atoms with Crippen LogP contribution >= 0.6 is 23.1 Å². The Hall–Kier alpha value is -3.69. The number of nitrogens with one attached hydrogen (secondary N) is 1. The predicted octanol–water partition coefficient (Wildman–Crippen LogP) is 5.91. The number of esters is 1. The van der Waals surface area contributed by atoms with Crippen LogP contribution in [0.3, 0.4) is 0 Å². The third-order valence-corrected chi connectivity index (χ3v) is 7.80. The van der Waals surface area contributed by atoms with Gasteiger partial charge in [-0.1, -0.05) is 60.3 Å². The Bertz CT molecular complexity index is 1380. The molecular weight excluding hydrogens is 509 g/mol. The van der Waals surface area contributed by atoms with Gasteiger partial charge in [-0.05, 0) is 47.0 Å². The summed E-state index contributed by atoms with van der Waals surface area (Å²) in [7, 11) is 0. The van der Waals surface area contributed by atoms with Crippen LogP contribution in [-0.4, -0.2) is 21.9 Å². The van der Waals surface area contributed by atoms with E-state index in [1.165, 1.54) is 35.2 Å². The normalized spacial score (nSPS) is 16.7. The van der Waals surface area contributed by atoms with Crippen molar-refractivity contribution in [2.45, 2.75) is 32.5 Å². The van der Waals surface area contributed by atoms with Gasteiger partial charge in [-0.15, -0.1) is 11.3 Å². The van der Waals surface area contributed by atoms with Crippen LogP contribution in [-0.2, 0) is 27.5 Å². The number of hydrogen-bond donors (Lipinski definition) is 1. The summed E-state index contributed by atoms with van der Waals surface area (Å²) in [5.74, 6) is -0.928. The first-order valence-corrected chi connectivity index (χ1v) is 13.5. The van der Waals surface area contributed by atoms with Crippen LogP contribution in [0.2, 0.25) is 0 Å². The van der Waals surface area contributed by atoms with Crippen molar-refractivity contribution < 1.29 is 18.7 Å². The highest BCUT2D eigenvalue weighted by atomic mass is 32.2. The molecule has 2 aromatic carbocycles. The van der Waals surface area contributed by atoms with Crippen molar-refractivity contribution in [3.8, 4) is 0 Å². The highest BCUT2D eigenvalue weighted by molar-refractivity contribution is 8.16. The molecule has 37 heavy (non-hydrogen) atoms. The summed E-state index contributed by atoms with van der Waals surface area (Å²) in [6, 6.07) is 19.0. The lowest BCUT2D eigenvalue weighted by molar-refractivity contribution is -0.141. The lowest BCUT2D eigenvalue weighted by atomic mass is 9.99. The van der Waals surface area contributed by atoms with E-state index in [-0.39, 0.29) is 24.8 Å². The minimum absolute atomic E-state index is 0.112. The molecule has 188 valence electrons. The second-order valence-corrected chi connectivity index (χ2v) is 10.4. The summed E-state index contributed by atoms with van der Waals surface area (Å²) < 4.78 is 18.9. The van der Waals surface area contributed by atoms with E-state index in [9.17, 15) is 14.0 Å². The molecule has 0 unspecified atom stereocenters. The summed E-state index contributed by atoms with van der Waals surface area (Å²) in [6.07, 6.45) is 0.112. The van der Waals surface area contributed by atoms with Crippen LogP contribution in [0.15, 0.2) is 99.5 Å². The quantitative estimate of drug-likeness (QED) is 0.365. The summed E-state index contributed by atoms with van der Waals surface area (Å²) >= 11 is 2.97. The van der Waals surface area contributed by atoms with Gasteiger partial charge < -0.3 is 15.0 Å². The molecule has 0 spiro atoms. The van der Waals surface area contributed by atoms with Gasteiger partial charge in [-0.2, -0.15) is 0 Å². The Kier molecular flexibility index (Phi) is 7.52. The van der Waals surface area contributed by atoms with Gasteiger partial charge in [0.2, 0.25) is 5.91 Å². The van der Waals surface area contributed by atoms with Crippen molar-refractivity contribution in [3.63, 3.8) is 0 Å². The topological polar surface area (TPSA) is 71.0 Å².